The molecule has 2 nitrogen and oxygen atoms in total. The predicted molar refractivity (Wildman–Crippen MR) is 91.5 cm³/mol. The van der Waals surface area contributed by atoms with Gasteiger partial charge in [-0.25, -0.2) is 0 Å². The molecule has 0 fully saturated rings. The second-order valence-electron chi connectivity index (χ2n) is 8.22. The van der Waals surface area contributed by atoms with Crippen molar-refractivity contribution < 1.29 is 5.11 Å². The van der Waals surface area contributed by atoms with Crippen molar-refractivity contribution in [3.8, 4) is 5.75 Å². The van der Waals surface area contributed by atoms with E-state index in [0.29, 0.717) is 5.75 Å². The fraction of sp³-hybridized carbons (Fsp3) is 0.684. The smallest absolute Gasteiger partial charge is 0.120 e. The molecule has 0 saturated carbocycles. The van der Waals surface area contributed by atoms with Gasteiger partial charge in [0.15, 0.2) is 0 Å². The highest BCUT2D eigenvalue weighted by molar-refractivity contribution is 5.32. The van der Waals surface area contributed by atoms with E-state index in [-0.39, 0.29) is 16.4 Å². The second-order valence-corrected chi connectivity index (χ2v) is 8.22. The van der Waals surface area contributed by atoms with Crippen molar-refractivity contribution in [3.63, 3.8) is 0 Å². The number of aromatic hydroxyl groups is 1. The van der Waals surface area contributed by atoms with Crippen LogP contribution >= 0.6 is 0 Å². The highest BCUT2D eigenvalue weighted by atomic mass is 16.3. The van der Waals surface area contributed by atoms with Gasteiger partial charge in [0, 0.05) is 17.6 Å². The Morgan fingerprint density at radius 2 is 1.38 bits per heavy atom. The lowest BCUT2D eigenvalue weighted by molar-refractivity contribution is -0.0771. The Morgan fingerprint density at radius 1 is 0.905 bits per heavy atom. The molecule has 1 N–H and O–H groups in total. The SMILES string of the molecule is CCN(Cc1ccccc1O)C(C)(C(C)(C)C)C(C)(C)C. The summed E-state index contributed by atoms with van der Waals surface area (Å²) in [5.41, 5.74) is 1.27. The third kappa shape index (κ3) is 3.42. The van der Waals surface area contributed by atoms with Crippen LogP contribution in [0.15, 0.2) is 24.3 Å². The lowest BCUT2D eigenvalue weighted by atomic mass is 9.60. The topological polar surface area (TPSA) is 23.5 Å². The summed E-state index contributed by atoms with van der Waals surface area (Å²) < 4.78 is 0. The average molecular weight is 291 g/mol. The highest BCUT2D eigenvalue weighted by Gasteiger charge is 2.50. The minimum atomic E-state index is 0.0109. The fourth-order valence-corrected chi connectivity index (χ4v) is 3.51. The van der Waals surface area contributed by atoms with E-state index in [0.717, 1.165) is 18.7 Å². The van der Waals surface area contributed by atoms with Crippen LogP contribution in [0.25, 0.3) is 0 Å². The summed E-state index contributed by atoms with van der Waals surface area (Å²) in [4.78, 5) is 2.50. The largest absolute Gasteiger partial charge is 0.508 e. The first-order valence-electron chi connectivity index (χ1n) is 7.97. The van der Waals surface area contributed by atoms with Crippen molar-refractivity contribution in [2.75, 3.05) is 6.54 Å². The number of benzene rings is 1. The zero-order valence-corrected chi connectivity index (χ0v) is 15.1. The molecular weight excluding hydrogens is 258 g/mol. The number of hydrogen-bond acceptors (Lipinski definition) is 2. The van der Waals surface area contributed by atoms with E-state index in [1.54, 1.807) is 6.07 Å². The third-order valence-corrected chi connectivity index (χ3v) is 5.29. The van der Waals surface area contributed by atoms with Gasteiger partial charge in [-0.3, -0.25) is 4.90 Å². The molecule has 1 aromatic carbocycles. The van der Waals surface area contributed by atoms with Gasteiger partial charge in [0.2, 0.25) is 0 Å². The molecule has 0 radical (unpaired) electrons. The predicted octanol–water partition coefficient (Wildman–Crippen LogP) is 5.07. The van der Waals surface area contributed by atoms with Gasteiger partial charge in [0.1, 0.15) is 5.75 Å². The third-order valence-electron chi connectivity index (χ3n) is 5.29. The van der Waals surface area contributed by atoms with Crippen LogP contribution < -0.4 is 0 Å². The van der Waals surface area contributed by atoms with Crippen LogP contribution in [-0.2, 0) is 6.54 Å². The molecule has 21 heavy (non-hydrogen) atoms. The van der Waals surface area contributed by atoms with Crippen LogP contribution in [0.1, 0.15) is 61.0 Å². The van der Waals surface area contributed by atoms with Crippen LogP contribution in [0, 0.1) is 10.8 Å². The van der Waals surface area contributed by atoms with Crippen molar-refractivity contribution in [1.29, 1.82) is 0 Å². The van der Waals surface area contributed by atoms with Gasteiger partial charge in [-0.05, 0) is 30.4 Å². The van der Waals surface area contributed by atoms with Crippen LogP contribution in [-0.4, -0.2) is 22.1 Å². The molecule has 0 heterocycles. The quantitative estimate of drug-likeness (QED) is 0.837. The standard InChI is InChI=1S/C19H33NO/c1-9-20(14-15-12-10-11-13-16(15)21)19(8,17(2,3)4)18(5,6)7/h10-13,21H,9,14H2,1-8H3. The van der Waals surface area contributed by atoms with Crippen LogP contribution in [0.4, 0.5) is 0 Å². The highest BCUT2D eigenvalue weighted by Crippen LogP contribution is 2.48. The second kappa shape index (κ2) is 6.00. The maximum absolute atomic E-state index is 10.1. The van der Waals surface area contributed by atoms with Gasteiger partial charge in [-0.2, -0.15) is 0 Å². The molecule has 0 atom stereocenters. The summed E-state index contributed by atoms with van der Waals surface area (Å²) >= 11 is 0. The van der Waals surface area contributed by atoms with Gasteiger partial charge in [-0.1, -0.05) is 66.7 Å². The molecule has 0 amide bonds. The molecule has 0 unspecified atom stereocenters. The number of nitrogens with zero attached hydrogens (tertiary/aromatic N) is 1. The van der Waals surface area contributed by atoms with Gasteiger partial charge < -0.3 is 5.11 Å². The van der Waals surface area contributed by atoms with E-state index in [9.17, 15) is 5.11 Å². The van der Waals surface area contributed by atoms with Crippen molar-refractivity contribution in [3.05, 3.63) is 29.8 Å². The molecule has 0 saturated heterocycles. The summed E-state index contributed by atoms with van der Waals surface area (Å²) in [6.07, 6.45) is 0. The van der Waals surface area contributed by atoms with Gasteiger partial charge in [0.05, 0.1) is 0 Å². The van der Waals surface area contributed by atoms with Crippen LogP contribution in [0.5, 0.6) is 5.75 Å². The Labute approximate surface area is 131 Å². The van der Waals surface area contributed by atoms with E-state index in [1.807, 2.05) is 18.2 Å². The zero-order chi connectivity index (χ0) is 16.5. The van der Waals surface area contributed by atoms with Gasteiger partial charge in [-0.15, -0.1) is 0 Å². The zero-order valence-electron chi connectivity index (χ0n) is 15.1. The number of hydrogen-bond donors (Lipinski definition) is 1. The molecule has 1 aromatic rings. The van der Waals surface area contributed by atoms with Crippen molar-refractivity contribution in [1.82, 2.24) is 4.90 Å². The molecule has 0 aliphatic carbocycles. The van der Waals surface area contributed by atoms with Gasteiger partial charge in [0.25, 0.3) is 0 Å². The van der Waals surface area contributed by atoms with Crippen LogP contribution in [0.2, 0.25) is 0 Å². The monoisotopic (exact) mass is 291 g/mol. The maximum atomic E-state index is 10.1. The van der Waals surface area contributed by atoms with E-state index >= 15 is 0 Å². The summed E-state index contributed by atoms with van der Waals surface area (Å²) in [6, 6.07) is 7.66. The van der Waals surface area contributed by atoms with Crippen LogP contribution in [0.3, 0.4) is 0 Å². The summed E-state index contributed by atoms with van der Waals surface area (Å²) in [6.45, 7) is 20.2. The van der Waals surface area contributed by atoms with E-state index < -0.39 is 0 Å². The normalized spacial score (nSPS) is 13.8. The number of phenols is 1. The van der Waals surface area contributed by atoms with E-state index in [1.165, 1.54) is 0 Å². The summed E-state index contributed by atoms with van der Waals surface area (Å²) in [7, 11) is 0. The molecule has 0 aliphatic rings. The lowest BCUT2D eigenvalue weighted by Gasteiger charge is -2.57. The van der Waals surface area contributed by atoms with E-state index in [4.69, 9.17) is 0 Å². The fourth-order valence-electron chi connectivity index (χ4n) is 3.51. The first kappa shape index (κ1) is 18.0. The Kier molecular flexibility index (Phi) is 5.15. The van der Waals surface area contributed by atoms with Crippen molar-refractivity contribution >= 4 is 0 Å². The molecule has 1 rings (SSSR count). The number of rotatable bonds is 4. The molecule has 0 spiro atoms. The molecule has 2 heteroatoms. The minimum absolute atomic E-state index is 0.0109. The lowest BCUT2D eigenvalue weighted by Crippen LogP contribution is -2.62. The van der Waals surface area contributed by atoms with E-state index in [2.05, 4.69) is 60.3 Å². The molecular formula is C19H33NO. The Morgan fingerprint density at radius 3 is 1.76 bits per heavy atom. The summed E-state index contributed by atoms with van der Waals surface area (Å²) in [5.74, 6) is 0.390. The maximum Gasteiger partial charge on any atom is 0.120 e. The Bertz CT molecular complexity index is 451. The first-order chi connectivity index (χ1) is 9.45. The molecule has 0 bridgehead atoms. The van der Waals surface area contributed by atoms with Gasteiger partial charge >= 0.3 is 0 Å². The number of para-hydroxylation sites is 1. The van der Waals surface area contributed by atoms with Crippen molar-refractivity contribution in [2.24, 2.45) is 10.8 Å². The minimum Gasteiger partial charge on any atom is -0.508 e. The average Bonchev–Trinajstić information content (AvgIpc) is 2.34. The molecule has 120 valence electrons. The first-order valence-corrected chi connectivity index (χ1v) is 7.97. The summed E-state index contributed by atoms with van der Waals surface area (Å²) in [5, 5.41) is 10.1. The number of phenolic OH excluding ortho intramolecular Hbond substituents is 1. The Balaban J connectivity index is 3.25. The molecule has 0 aromatic heterocycles. The molecule has 0 aliphatic heterocycles. The van der Waals surface area contributed by atoms with Crippen molar-refractivity contribution in [2.45, 2.75) is 67.5 Å². The Hall–Kier alpha value is -1.02.